The van der Waals surface area contributed by atoms with Crippen molar-refractivity contribution < 1.29 is 32.2 Å². The summed E-state index contributed by atoms with van der Waals surface area (Å²) >= 11 is 0. The van der Waals surface area contributed by atoms with E-state index in [1.165, 1.54) is 34.0 Å². The van der Waals surface area contributed by atoms with Gasteiger partial charge in [-0.3, -0.25) is 4.90 Å². The van der Waals surface area contributed by atoms with Crippen molar-refractivity contribution in [2.24, 2.45) is 0 Å². The zero-order chi connectivity index (χ0) is 21.5. The first-order valence-corrected chi connectivity index (χ1v) is 10.8. The number of benzene rings is 1. The quantitative estimate of drug-likeness (QED) is 0.743. The van der Waals surface area contributed by atoms with Crippen molar-refractivity contribution in [3.05, 3.63) is 47.5 Å². The van der Waals surface area contributed by atoms with E-state index in [-0.39, 0.29) is 36.7 Å². The Morgan fingerprint density at radius 3 is 2.80 bits per heavy atom. The molecule has 3 heterocycles. The number of rotatable bonds is 5. The van der Waals surface area contributed by atoms with Crippen LogP contribution in [0.25, 0.3) is 5.57 Å². The smallest absolute Gasteiger partial charge is 0.414 e. The molecule has 2 aliphatic rings. The number of amides is 1. The van der Waals surface area contributed by atoms with Gasteiger partial charge in [0.15, 0.2) is 15.5 Å². The molecule has 1 saturated heterocycles. The van der Waals surface area contributed by atoms with Crippen LogP contribution in [-0.4, -0.2) is 64.7 Å². The number of ether oxygens (including phenoxy) is 1. The lowest BCUT2D eigenvalue weighted by Crippen LogP contribution is -2.26. The molecule has 2 aliphatic heterocycles. The van der Waals surface area contributed by atoms with Gasteiger partial charge < -0.3 is 9.84 Å². The van der Waals surface area contributed by atoms with E-state index in [9.17, 15) is 22.4 Å². The molecule has 1 N–H and O–H groups in total. The molecular weight excluding hydrogens is 419 g/mol. The highest BCUT2D eigenvalue weighted by atomic mass is 32.2. The number of cyclic esters (lactones) is 1. The normalized spacial score (nSPS) is 20.7. The van der Waals surface area contributed by atoms with Gasteiger partial charge in [-0.05, 0) is 30.2 Å². The maximum absolute atomic E-state index is 14.7. The second kappa shape index (κ2) is 7.52. The van der Waals surface area contributed by atoms with Crippen LogP contribution in [0.3, 0.4) is 0 Å². The summed E-state index contributed by atoms with van der Waals surface area (Å²) in [6.45, 7) is 0.227. The fourth-order valence-electron chi connectivity index (χ4n) is 3.38. The molecule has 4 rings (SSSR count). The van der Waals surface area contributed by atoms with Crippen LogP contribution in [0, 0.1) is 5.82 Å². The van der Waals surface area contributed by atoms with Crippen molar-refractivity contribution in [1.29, 1.82) is 0 Å². The number of anilines is 1. The number of halogens is 1. The Balaban J connectivity index is 1.47. The Hall–Kier alpha value is -3.28. The van der Waals surface area contributed by atoms with Gasteiger partial charge in [-0.2, -0.15) is 0 Å². The van der Waals surface area contributed by atoms with Crippen LogP contribution in [0.5, 0.6) is 0 Å². The van der Waals surface area contributed by atoms with E-state index >= 15 is 0 Å². The summed E-state index contributed by atoms with van der Waals surface area (Å²) in [4.78, 5) is 24.4. The van der Waals surface area contributed by atoms with E-state index in [1.807, 2.05) is 0 Å². The number of carbonyl (C=O) groups is 2. The van der Waals surface area contributed by atoms with Gasteiger partial charge in [0.1, 0.15) is 11.9 Å². The Bertz CT molecular complexity index is 1160. The maximum Gasteiger partial charge on any atom is 0.414 e. The molecule has 0 saturated carbocycles. The lowest BCUT2D eigenvalue weighted by atomic mass is 10.0. The van der Waals surface area contributed by atoms with Crippen molar-refractivity contribution >= 4 is 33.2 Å². The second-order valence-corrected chi connectivity index (χ2v) is 9.23. The van der Waals surface area contributed by atoms with Crippen LogP contribution >= 0.6 is 0 Å². The molecule has 12 heteroatoms. The highest BCUT2D eigenvalue weighted by Crippen LogP contribution is 2.30. The Kier molecular flexibility index (Phi) is 5.02. The monoisotopic (exact) mass is 436 g/mol. The number of carbonyl (C=O) groups excluding carboxylic acids is 1. The predicted octanol–water partition coefficient (Wildman–Crippen LogP) is 1.34. The minimum atomic E-state index is -3.11. The minimum absolute atomic E-state index is 0.0218. The number of aromatic nitrogens is 3. The van der Waals surface area contributed by atoms with E-state index in [2.05, 4.69) is 10.3 Å². The minimum Gasteiger partial charge on any atom is -0.476 e. The summed E-state index contributed by atoms with van der Waals surface area (Å²) in [6, 6.07) is 4.30. The standard InChI is InChI=1S/C18H17FN4O6S/c19-15-7-12(1-2-14(15)11-3-5-30(27,28)6-4-11)23-9-13(29-18(23)26)8-22-10-16(17(24)25)20-21-22/h1-3,7,10,13H,4-6,8-9H2,(H,24,25)/t13-/m0/s1. The van der Waals surface area contributed by atoms with Crippen molar-refractivity contribution in [2.75, 3.05) is 23.0 Å². The molecule has 2 aromatic rings. The van der Waals surface area contributed by atoms with Gasteiger partial charge >= 0.3 is 12.1 Å². The number of hydrogen-bond acceptors (Lipinski definition) is 7. The summed E-state index contributed by atoms with van der Waals surface area (Å²) in [5, 5.41) is 16.1. The first kappa shape index (κ1) is 20.0. The third kappa shape index (κ3) is 4.03. The summed E-state index contributed by atoms with van der Waals surface area (Å²) in [5.41, 5.74) is 1.01. The Morgan fingerprint density at radius 1 is 1.37 bits per heavy atom. The number of carboxylic acid groups (broad SMARTS) is 1. The van der Waals surface area contributed by atoms with Gasteiger partial charge in [-0.1, -0.05) is 11.3 Å². The topological polar surface area (TPSA) is 132 Å². The predicted molar refractivity (Wildman–Crippen MR) is 102 cm³/mol. The van der Waals surface area contributed by atoms with Crippen LogP contribution in [0.4, 0.5) is 14.9 Å². The number of allylic oxidation sites excluding steroid dienone is 1. The van der Waals surface area contributed by atoms with Crippen molar-refractivity contribution in [3.8, 4) is 0 Å². The SMILES string of the molecule is O=C(O)c1cn(C[C@H]2CN(c3ccc(C4=CCS(=O)(=O)CC4)c(F)c3)C(=O)O2)nn1. The highest BCUT2D eigenvalue weighted by Gasteiger charge is 2.33. The van der Waals surface area contributed by atoms with Gasteiger partial charge in [0.05, 0.1) is 36.5 Å². The molecule has 0 unspecified atom stereocenters. The zero-order valence-electron chi connectivity index (χ0n) is 15.6. The van der Waals surface area contributed by atoms with Gasteiger partial charge in [-0.15, -0.1) is 5.10 Å². The molecular formula is C18H17FN4O6S. The molecule has 30 heavy (non-hydrogen) atoms. The van der Waals surface area contributed by atoms with Crippen LogP contribution in [0.1, 0.15) is 22.5 Å². The molecule has 1 aromatic carbocycles. The molecule has 0 radical (unpaired) electrons. The Morgan fingerprint density at radius 2 is 2.17 bits per heavy atom. The zero-order valence-corrected chi connectivity index (χ0v) is 16.4. The average molecular weight is 436 g/mol. The summed E-state index contributed by atoms with van der Waals surface area (Å²) in [6.07, 6.45) is 1.71. The molecule has 1 aromatic heterocycles. The molecule has 0 bridgehead atoms. The summed E-state index contributed by atoms with van der Waals surface area (Å²) in [5.74, 6) is -1.91. The second-order valence-electron chi connectivity index (χ2n) is 7.01. The third-order valence-corrected chi connectivity index (χ3v) is 6.40. The van der Waals surface area contributed by atoms with Crippen LogP contribution in [-0.2, 0) is 21.1 Å². The fourth-order valence-corrected chi connectivity index (χ4v) is 4.53. The van der Waals surface area contributed by atoms with Crippen molar-refractivity contribution in [2.45, 2.75) is 19.1 Å². The first-order chi connectivity index (χ1) is 14.2. The van der Waals surface area contributed by atoms with E-state index in [1.54, 1.807) is 6.07 Å². The summed E-state index contributed by atoms with van der Waals surface area (Å²) in [7, 11) is -3.11. The first-order valence-electron chi connectivity index (χ1n) is 9.03. The molecule has 0 spiro atoms. The lowest BCUT2D eigenvalue weighted by molar-refractivity contribution is 0.0690. The molecule has 10 nitrogen and oxygen atoms in total. The van der Waals surface area contributed by atoms with Gasteiger partial charge in [0.25, 0.3) is 0 Å². The maximum atomic E-state index is 14.7. The van der Waals surface area contributed by atoms with Crippen LogP contribution in [0.15, 0.2) is 30.5 Å². The summed E-state index contributed by atoms with van der Waals surface area (Å²) < 4.78 is 44.3. The molecule has 1 amide bonds. The third-order valence-electron chi connectivity index (χ3n) is 4.90. The largest absolute Gasteiger partial charge is 0.476 e. The van der Waals surface area contributed by atoms with Crippen molar-refractivity contribution in [1.82, 2.24) is 15.0 Å². The van der Waals surface area contributed by atoms with E-state index in [0.29, 0.717) is 16.8 Å². The lowest BCUT2D eigenvalue weighted by Gasteiger charge is -2.17. The molecule has 0 aliphatic carbocycles. The molecule has 1 fully saturated rings. The fraction of sp³-hybridized carbons (Fsp3) is 0.333. The van der Waals surface area contributed by atoms with Crippen LogP contribution in [0.2, 0.25) is 0 Å². The number of carboxylic acids is 1. The Labute approximate surface area is 170 Å². The average Bonchev–Trinajstić information content (AvgIpc) is 3.29. The number of aromatic carboxylic acids is 1. The van der Waals surface area contributed by atoms with Crippen molar-refractivity contribution in [3.63, 3.8) is 0 Å². The van der Waals surface area contributed by atoms with E-state index in [4.69, 9.17) is 9.84 Å². The number of sulfone groups is 1. The highest BCUT2D eigenvalue weighted by molar-refractivity contribution is 7.91. The molecule has 158 valence electrons. The van der Waals surface area contributed by atoms with Gasteiger partial charge in [0.2, 0.25) is 0 Å². The van der Waals surface area contributed by atoms with Crippen LogP contribution < -0.4 is 4.90 Å². The number of hydrogen-bond donors (Lipinski definition) is 1. The number of nitrogens with zero attached hydrogens (tertiary/aromatic N) is 4. The van der Waals surface area contributed by atoms with Gasteiger partial charge in [0, 0.05) is 5.56 Å². The van der Waals surface area contributed by atoms with E-state index < -0.39 is 33.8 Å². The molecule has 1 atom stereocenters. The van der Waals surface area contributed by atoms with E-state index in [0.717, 1.165) is 0 Å². The van der Waals surface area contributed by atoms with Gasteiger partial charge in [-0.25, -0.2) is 27.1 Å².